The predicted molar refractivity (Wildman–Crippen MR) is 87.3 cm³/mol. The number of benzene rings is 2. The highest BCUT2D eigenvalue weighted by Gasteiger charge is 2.21. The third kappa shape index (κ3) is 2.97. The van der Waals surface area contributed by atoms with Crippen LogP contribution < -0.4 is 10.5 Å². The first-order chi connectivity index (χ1) is 9.86. The van der Waals surface area contributed by atoms with Crippen molar-refractivity contribution in [3.63, 3.8) is 0 Å². The average Bonchev–Trinajstić information content (AvgIpc) is 2.44. The number of hydrogen-bond acceptors (Lipinski definition) is 2. The highest BCUT2D eigenvalue weighted by Crippen LogP contribution is 2.38. The average molecular weight is 352 g/mol. The van der Waals surface area contributed by atoms with Gasteiger partial charge >= 0.3 is 0 Å². The van der Waals surface area contributed by atoms with Crippen molar-refractivity contribution in [2.75, 3.05) is 7.11 Å². The molecule has 1 unspecified atom stereocenters. The van der Waals surface area contributed by atoms with E-state index in [9.17, 15) is 4.39 Å². The fraction of sp³-hybridized carbons (Fsp3) is 0.294. The summed E-state index contributed by atoms with van der Waals surface area (Å²) in [4.78, 5) is 0. The predicted octanol–water partition coefficient (Wildman–Crippen LogP) is 4.57. The Morgan fingerprint density at radius 2 is 1.81 bits per heavy atom. The first-order valence-electron chi connectivity index (χ1n) is 6.72. The molecule has 1 atom stereocenters. The molecule has 2 N–H and O–H groups in total. The Bertz CT molecular complexity index is 685. The van der Waals surface area contributed by atoms with Crippen LogP contribution in [0.1, 0.15) is 33.9 Å². The maximum atomic E-state index is 13.4. The van der Waals surface area contributed by atoms with Crippen molar-refractivity contribution in [3.8, 4) is 5.75 Å². The minimum atomic E-state index is -0.365. The standard InChI is InChI=1S/C17H19BrFNO/c1-9-7-12(5-6-14(9)19)16(20)15-11(3)13(18)8-10(2)17(15)21-4/h5-8,16H,20H2,1-4H3. The van der Waals surface area contributed by atoms with E-state index in [-0.39, 0.29) is 11.9 Å². The van der Waals surface area contributed by atoms with E-state index in [1.165, 1.54) is 6.07 Å². The molecule has 21 heavy (non-hydrogen) atoms. The smallest absolute Gasteiger partial charge is 0.127 e. The van der Waals surface area contributed by atoms with Gasteiger partial charge in [0.15, 0.2) is 0 Å². The molecule has 4 heteroatoms. The van der Waals surface area contributed by atoms with Gasteiger partial charge in [-0.1, -0.05) is 28.1 Å². The first-order valence-corrected chi connectivity index (χ1v) is 7.51. The van der Waals surface area contributed by atoms with E-state index >= 15 is 0 Å². The molecule has 2 aromatic carbocycles. The van der Waals surface area contributed by atoms with Crippen LogP contribution in [-0.4, -0.2) is 7.11 Å². The SMILES string of the molecule is COc1c(C)cc(Br)c(C)c1C(N)c1ccc(F)c(C)c1. The van der Waals surface area contributed by atoms with Gasteiger partial charge in [0.1, 0.15) is 11.6 Å². The quantitative estimate of drug-likeness (QED) is 0.878. The molecule has 0 amide bonds. The summed E-state index contributed by atoms with van der Waals surface area (Å²) in [5.74, 6) is 0.560. The van der Waals surface area contributed by atoms with Crippen LogP contribution in [0.15, 0.2) is 28.7 Å². The van der Waals surface area contributed by atoms with Crippen molar-refractivity contribution >= 4 is 15.9 Å². The van der Waals surface area contributed by atoms with E-state index < -0.39 is 0 Å². The van der Waals surface area contributed by atoms with Gasteiger partial charge in [-0.05, 0) is 55.2 Å². The summed E-state index contributed by atoms with van der Waals surface area (Å²) in [6.45, 7) is 5.72. The Balaban J connectivity index is 2.62. The molecule has 0 radical (unpaired) electrons. The Labute approximate surface area is 133 Å². The van der Waals surface area contributed by atoms with Crippen molar-refractivity contribution in [2.45, 2.75) is 26.8 Å². The molecule has 0 saturated carbocycles. The van der Waals surface area contributed by atoms with Crippen molar-refractivity contribution in [1.29, 1.82) is 0 Å². The van der Waals surface area contributed by atoms with Crippen LogP contribution >= 0.6 is 15.9 Å². The van der Waals surface area contributed by atoms with Crippen LogP contribution in [-0.2, 0) is 0 Å². The van der Waals surface area contributed by atoms with Crippen LogP contribution in [0.4, 0.5) is 4.39 Å². The number of rotatable bonds is 3. The molecular formula is C17H19BrFNO. The second kappa shape index (κ2) is 6.16. The summed E-state index contributed by atoms with van der Waals surface area (Å²) in [6, 6.07) is 6.62. The normalized spacial score (nSPS) is 12.3. The Hall–Kier alpha value is -1.39. The number of ether oxygens (including phenoxy) is 1. The van der Waals surface area contributed by atoms with Crippen molar-refractivity contribution in [3.05, 3.63) is 62.4 Å². The Morgan fingerprint density at radius 3 is 2.38 bits per heavy atom. The fourth-order valence-corrected chi connectivity index (χ4v) is 3.11. The summed E-state index contributed by atoms with van der Waals surface area (Å²) in [6.07, 6.45) is 0. The molecule has 0 aromatic heterocycles. The minimum Gasteiger partial charge on any atom is -0.496 e. The highest BCUT2D eigenvalue weighted by molar-refractivity contribution is 9.10. The highest BCUT2D eigenvalue weighted by atomic mass is 79.9. The maximum Gasteiger partial charge on any atom is 0.127 e. The number of nitrogens with two attached hydrogens (primary N) is 1. The van der Waals surface area contributed by atoms with E-state index in [1.807, 2.05) is 19.9 Å². The largest absolute Gasteiger partial charge is 0.496 e. The second-order valence-electron chi connectivity index (χ2n) is 5.23. The monoisotopic (exact) mass is 351 g/mol. The van der Waals surface area contributed by atoms with Crippen molar-refractivity contribution in [1.82, 2.24) is 0 Å². The molecule has 0 heterocycles. The van der Waals surface area contributed by atoms with E-state index in [0.717, 1.165) is 32.5 Å². The first kappa shape index (κ1) is 16.0. The van der Waals surface area contributed by atoms with E-state index in [2.05, 4.69) is 15.9 Å². The van der Waals surface area contributed by atoms with Gasteiger partial charge in [-0.2, -0.15) is 0 Å². The summed E-state index contributed by atoms with van der Waals surface area (Å²) in [5, 5.41) is 0. The lowest BCUT2D eigenvalue weighted by atomic mass is 9.92. The molecule has 2 aromatic rings. The lowest BCUT2D eigenvalue weighted by Crippen LogP contribution is -2.16. The maximum absolute atomic E-state index is 13.4. The summed E-state index contributed by atoms with van der Waals surface area (Å²) in [7, 11) is 1.64. The van der Waals surface area contributed by atoms with Crippen LogP contribution in [0.25, 0.3) is 0 Å². The molecule has 0 bridgehead atoms. The Morgan fingerprint density at radius 1 is 1.14 bits per heavy atom. The van der Waals surface area contributed by atoms with Crippen LogP contribution in [0.5, 0.6) is 5.75 Å². The molecule has 0 spiro atoms. The fourth-order valence-electron chi connectivity index (χ4n) is 2.55. The van der Waals surface area contributed by atoms with Crippen molar-refractivity contribution in [2.24, 2.45) is 5.73 Å². The lowest BCUT2D eigenvalue weighted by Gasteiger charge is -2.22. The molecule has 0 saturated heterocycles. The van der Waals surface area contributed by atoms with Gasteiger partial charge in [0.2, 0.25) is 0 Å². The minimum absolute atomic E-state index is 0.222. The zero-order valence-corrected chi connectivity index (χ0v) is 14.2. The number of halogens is 2. The molecule has 0 aliphatic rings. The zero-order chi connectivity index (χ0) is 15.7. The number of hydrogen-bond donors (Lipinski definition) is 1. The summed E-state index contributed by atoms with van der Waals surface area (Å²) >= 11 is 3.56. The molecular weight excluding hydrogens is 333 g/mol. The molecule has 112 valence electrons. The second-order valence-corrected chi connectivity index (χ2v) is 6.09. The van der Waals surface area contributed by atoms with Crippen LogP contribution in [0, 0.1) is 26.6 Å². The van der Waals surface area contributed by atoms with Crippen molar-refractivity contribution < 1.29 is 9.13 Å². The van der Waals surface area contributed by atoms with E-state index in [0.29, 0.717) is 5.56 Å². The van der Waals surface area contributed by atoms with Gasteiger partial charge in [-0.25, -0.2) is 4.39 Å². The van der Waals surface area contributed by atoms with Crippen LogP contribution in [0.3, 0.4) is 0 Å². The van der Waals surface area contributed by atoms with Gasteiger partial charge < -0.3 is 10.5 Å². The van der Waals surface area contributed by atoms with Gasteiger partial charge in [0, 0.05) is 10.0 Å². The van der Waals surface area contributed by atoms with E-state index in [4.69, 9.17) is 10.5 Å². The molecule has 2 nitrogen and oxygen atoms in total. The number of aryl methyl sites for hydroxylation is 2. The third-order valence-corrected chi connectivity index (χ3v) is 4.59. The number of methoxy groups -OCH3 is 1. The molecule has 0 aliphatic heterocycles. The zero-order valence-electron chi connectivity index (χ0n) is 12.6. The molecule has 2 rings (SSSR count). The van der Waals surface area contributed by atoms with Gasteiger partial charge in [-0.3, -0.25) is 0 Å². The molecule has 0 aliphatic carbocycles. The summed E-state index contributed by atoms with van der Waals surface area (Å²) < 4.78 is 20.0. The molecule has 0 fully saturated rings. The van der Waals surface area contributed by atoms with Crippen LogP contribution in [0.2, 0.25) is 0 Å². The Kier molecular flexibility index (Phi) is 4.69. The van der Waals surface area contributed by atoms with Gasteiger partial charge in [0.05, 0.1) is 13.2 Å². The third-order valence-electron chi connectivity index (χ3n) is 3.76. The van der Waals surface area contributed by atoms with Gasteiger partial charge in [-0.15, -0.1) is 0 Å². The topological polar surface area (TPSA) is 35.2 Å². The lowest BCUT2D eigenvalue weighted by molar-refractivity contribution is 0.404. The summed E-state index contributed by atoms with van der Waals surface area (Å²) in [5.41, 5.74) is 10.9. The van der Waals surface area contributed by atoms with Gasteiger partial charge in [0.25, 0.3) is 0 Å². The van der Waals surface area contributed by atoms with E-state index in [1.54, 1.807) is 26.2 Å².